The van der Waals surface area contributed by atoms with E-state index in [9.17, 15) is 15.3 Å². The normalized spacial score (nSPS) is 13.2. The summed E-state index contributed by atoms with van der Waals surface area (Å²) in [6.07, 6.45) is 0. The Morgan fingerprint density at radius 1 is 0.345 bits per heavy atom. The van der Waals surface area contributed by atoms with E-state index in [1.807, 2.05) is 36.4 Å². The average molecular weight is 783 g/mol. The molecule has 4 nitrogen and oxygen atoms in total. The average Bonchev–Trinajstić information content (AvgIpc) is 3.05. The summed E-state index contributed by atoms with van der Waals surface area (Å²) < 4.78 is 7.20. The maximum atomic E-state index is 12.0. The number of hydrogen-bond donors (Lipinski definition) is 3. The molecule has 0 radical (unpaired) electrons. The molecule has 0 bridgehead atoms. The van der Waals surface area contributed by atoms with Crippen molar-refractivity contribution in [2.24, 2.45) is 0 Å². The van der Waals surface area contributed by atoms with Crippen molar-refractivity contribution in [2.45, 2.75) is 157 Å². The number of aromatic hydroxyl groups is 3. The maximum absolute atomic E-state index is 12.0. The lowest BCUT2D eigenvalue weighted by molar-refractivity contribution is 0.444. The van der Waals surface area contributed by atoms with Gasteiger partial charge in [0.15, 0.2) is 0 Å². The molecule has 4 heteroatoms. The van der Waals surface area contributed by atoms with Crippen LogP contribution >= 0.6 is 0 Å². The Balaban J connectivity index is 1.88. The van der Waals surface area contributed by atoms with Crippen molar-refractivity contribution in [2.75, 3.05) is 0 Å². The Morgan fingerprint density at radius 2 is 0.759 bits per heavy atom. The first-order valence-corrected chi connectivity index (χ1v) is 20.9. The molecule has 0 amide bonds. The monoisotopic (exact) mass is 783 g/mol. The molecule has 0 atom stereocenters. The van der Waals surface area contributed by atoms with E-state index >= 15 is 0 Å². The second-order valence-electron chi connectivity index (χ2n) is 22.5. The Morgan fingerprint density at radius 3 is 1.17 bits per heavy atom. The molecule has 310 valence electrons. The molecule has 5 aromatic carbocycles. The predicted molar refractivity (Wildman–Crippen MR) is 246 cm³/mol. The quantitative estimate of drug-likeness (QED) is 0.166. The van der Waals surface area contributed by atoms with Gasteiger partial charge in [-0.25, -0.2) is 0 Å². The molecular formula is C54H70O4. The fourth-order valence-electron chi connectivity index (χ4n) is 8.43. The largest absolute Gasteiger partial charge is 0.508 e. The van der Waals surface area contributed by atoms with Crippen LogP contribution in [0.2, 0.25) is 0 Å². The van der Waals surface area contributed by atoms with E-state index in [1.54, 1.807) is 6.07 Å². The van der Waals surface area contributed by atoms with Gasteiger partial charge in [0.25, 0.3) is 0 Å². The summed E-state index contributed by atoms with van der Waals surface area (Å²) in [4.78, 5) is 0. The number of rotatable bonds is 5. The van der Waals surface area contributed by atoms with Gasteiger partial charge in [-0.05, 0) is 131 Å². The molecule has 0 aliphatic heterocycles. The van der Waals surface area contributed by atoms with Crippen LogP contribution in [0.5, 0.6) is 28.7 Å². The van der Waals surface area contributed by atoms with Crippen molar-refractivity contribution in [3.8, 4) is 62.1 Å². The molecule has 0 unspecified atom stereocenters. The molecule has 58 heavy (non-hydrogen) atoms. The zero-order valence-corrected chi connectivity index (χ0v) is 38.8. The Labute approximate surface area is 350 Å². The Kier molecular flexibility index (Phi) is 11.4. The molecule has 0 aromatic heterocycles. The highest BCUT2D eigenvalue weighted by molar-refractivity contribution is 5.88. The van der Waals surface area contributed by atoms with Crippen molar-refractivity contribution in [3.63, 3.8) is 0 Å². The van der Waals surface area contributed by atoms with Gasteiger partial charge in [0.05, 0.1) is 5.56 Å². The minimum absolute atomic E-state index is 0.135. The van der Waals surface area contributed by atoms with Gasteiger partial charge in [-0.1, -0.05) is 161 Å². The van der Waals surface area contributed by atoms with E-state index in [1.165, 1.54) is 11.1 Å². The van der Waals surface area contributed by atoms with Crippen molar-refractivity contribution in [1.82, 2.24) is 0 Å². The number of phenolic OH excluding ortho intramolecular Hbond substituents is 3. The molecule has 0 aliphatic carbocycles. The van der Waals surface area contributed by atoms with E-state index in [0.29, 0.717) is 17.1 Å². The molecule has 0 saturated heterocycles. The molecule has 0 fully saturated rings. The highest BCUT2D eigenvalue weighted by Crippen LogP contribution is 2.53. The van der Waals surface area contributed by atoms with Crippen molar-refractivity contribution < 1.29 is 20.1 Å². The third-order valence-electron chi connectivity index (χ3n) is 11.2. The standard InChI is InChI=1S/C54H70O4/c1-49(2,3)35-25-24-34(47(53(13,14)15)44(35)32-22-27-39(55)37(30-32)51(7,8)9)46-41(57)20-19-21-42(46)58-43-29-26-36(50(4,5)6)45(48(43)54(16,17)18)33-23-28-40(56)38(31-33)52(10,11)12/h19-31,55-57H,1-18H3. The molecule has 0 heterocycles. The van der Waals surface area contributed by atoms with Gasteiger partial charge in [-0.2, -0.15) is 0 Å². The van der Waals surface area contributed by atoms with E-state index in [0.717, 1.165) is 50.1 Å². The van der Waals surface area contributed by atoms with Crippen LogP contribution in [0.3, 0.4) is 0 Å². The van der Waals surface area contributed by atoms with Gasteiger partial charge in [0.2, 0.25) is 0 Å². The minimum atomic E-state index is -0.368. The third kappa shape index (κ3) is 8.82. The second-order valence-corrected chi connectivity index (χ2v) is 22.5. The summed E-state index contributed by atoms with van der Waals surface area (Å²) in [6, 6.07) is 26.2. The topological polar surface area (TPSA) is 69.9 Å². The first kappa shape index (κ1) is 44.4. The summed E-state index contributed by atoms with van der Waals surface area (Å²) in [5, 5.41) is 34.1. The highest BCUT2D eigenvalue weighted by atomic mass is 16.5. The van der Waals surface area contributed by atoms with Gasteiger partial charge >= 0.3 is 0 Å². The van der Waals surface area contributed by atoms with Gasteiger partial charge < -0.3 is 20.1 Å². The number of phenols is 3. The van der Waals surface area contributed by atoms with Crippen LogP contribution in [0.1, 0.15) is 158 Å². The summed E-state index contributed by atoms with van der Waals surface area (Å²) in [7, 11) is 0. The van der Waals surface area contributed by atoms with Crippen LogP contribution in [-0.4, -0.2) is 15.3 Å². The fraction of sp³-hybridized carbons (Fsp3) is 0.444. The summed E-state index contributed by atoms with van der Waals surface area (Å²) in [5.74, 6) is 1.98. The first-order chi connectivity index (χ1) is 26.3. The lowest BCUT2D eigenvalue weighted by Gasteiger charge is -2.34. The first-order valence-electron chi connectivity index (χ1n) is 20.9. The SMILES string of the molecule is CC(C)(C)c1cc(-c2c(C(C)(C)C)ccc(Oc3cccc(O)c3-c3ccc(C(C)(C)C)c(-c4ccc(O)c(C(C)(C)C)c4)c3C(C)(C)C)c2C(C)(C)C)ccc1O. The maximum Gasteiger partial charge on any atom is 0.139 e. The lowest BCUT2D eigenvalue weighted by Crippen LogP contribution is -2.21. The second kappa shape index (κ2) is 14.8. The fourth-order valence-corrected chi connectivity index (χ4v) is 8.43. The molecule has 3 N–H and O–H groups in total. The number of benzene rings is 5. The summed E-state index contributed by atoms with van der Waals surface area (Å²) >= 11 is 0. The van der Waals surface area contributed by atoms with Gasteiger partial charge in [0, 0.05) is 5.56 Å². The highest BCUT2D eigenvalue weighted by Gasteiger charge is 2.34. The van der Waals surface area contributed by atoms with Crippen LogP contribution < -0.4 is 4.74 Å². The van der Waals surface area contributed by atoms with Crippen LogP contribution in [-0.2, 0) is 32.5 Å². The van der Waals surface area contributed by atoms with E-state index < -0.39 is 0 Å². The zero-order valence-electron chi connectivity index (χ0n) is 38.8. The van der Waals surface area contributed by atoms with Crippen LogP contribution in [0.15, 0.2) is 78.9 Å². The van der Waals surface area contributed by atoms with Crippen molar-refractivity contribution in [3.05, 3.63) is 112 Å². The smallest absolute Gasteiger partial charge is 0.139 e. The minimum Gasteiger partial charge on any atom is -0.508 e. The number of ether oxygens (including phenoxy) is 1. The van der Waals surface area contributed by atoms with E-state index in [4.69, 9.17) is 4.74 Å². The van der Waals surface area contributed by atoms with Gasteiger partial charge in [-0.3, -0.25) is 0 Å². The molecule has 5 aromatic rings. The Hall–Kier alpha value is -4.70. The predicted octanol–water partition coefficient (Wildman–Crippen LogP) is 15.4. The summed E-state index contributed by atoms with van der Waals surface area (Å²) in [6.45, 7) is 39.5. The van der Waals surface area contributed by atoms with Gasteiger partial charge in [-0.15, -0.1) is 0 Å². The van der Waals surface area contributed by atoms with Crippen molar-refractivity contribution >= 4 is 0 Å². The van der Waals surface area contributed by atoms with Crippen molar-refractivity contribution in [1.29, 1.82) is 0 Å². The Bertz CT molecular complexity index is 2330. The van der Waals surface area contributed by atoms with Crippen LogP contribution in [0.4, 0.5) is 0 Å². The lowest BCUT2D eigenvalue weighted by atomic mass is 9.71. The number of hydrogen-bond acceptors (Lipinski definition) is 4. The molecular weight excluding hydrogens is 713 g/mol. The third-order valence-corrected chi connectivity index (χ3v) is 11.2. The summed E-state index contributed by atoms with van der Waals surface area (Å²) in [5.41, 5.74) is 10.4. The molecule has 0 spiro atoms. The molecule has 0 saturated carbocycles. The van der Waals surface area contributed by atoms with Crippen LogP contribution in [0, 0.1) is 0 Å². The molecule has 5 rings (SSSR count). The van der Waals surface area contributed by atoms with Crippen LogP contribution in [0.25, 0.3) is 33.4 Å². The van der Waals surface area contributed by atoms with E-state index in [2.05, 4.69) is 161 Å². The van der Waals surface area contributed by atoms with Gasteiger partial charge in [0.1, 0.15) is 28.7 Å². The molecule has 0 aliphatic rings. The van der Waals surface area contributed by atoms with E-state index in [-0.39, 0.29) is 49.7 Å². The zero-order chi connectivity index (χ0) is 43.7.